The summed E-state index contributed by atoms with van der Waals surface area (Å²) in [6, 6.07) is 11.4. The number of H-pyrrole nitrogens is 1. The third-order valence-electron chi connectivity index (χ3n) is 4.46. The molecule has 0 fully saturated rings. The molecule has 0 radical (unpaired) electrons. The van der Waals surface area contributed by atoms with E-state index in [1.807, 2.05) is 0 Å². The zero-order valence-corrected chi connectivity index (χ0v) is 16.7. The van der Waals surface area contributed by atoms with Gasteiger partial charge in [-0.2, -0.15) is 0 Å². The molecule has 2 aromatic carbocycles. The Morgan fingerprint density at radius 2 is 1.79 bits per heavy atom. The number of anilines is 1. The molecule has 1 aromatic heterocycles. The van der Waals surface area contributed by atoms with Gasteiger partial charge < -0.3 is 29.8 Å². The summed E-state index contributed by atoms with van der Waals surface area (Å²) in [4.78, 5) is 28.1. The van der Waals surface area contributed by atoms with Crippen LogP contribution in [0.15, 0.2) is 42.5 Å². The smallest absolute Gasteiger partial charge is 0.268 e. The van der Waals surface area contributed by atoms with Gasteiger partial charge in [-0.1, -0.05) is 6.07 Å². The van der Waals surface area contributed by atoms with Crippen molar-refractivity contribution in [3.63, 3.8) is 0 Å². The fourth-order valence-electron chi connectivity index (χ4n) is 2.94. The van der Waals surface area contributed by atoms with Crippen LogP contribution in [0, 0.1) is 0 Å². The van der Waals surface area contributed by atoms with Gasteiger partial charge in [0.15, 0.2) is 11.5 Å². The Balaban J connectivity index is 1.72. The van der Waals surface area contributed by atoms with Gasteiger partial charge in [0.25, 0.3) is 5.91 Å². The first-order valence-electron chi connectivity index (χ1n) is 8.96. The van der Waals surface area contributed by atoms with Gasteiger partial charge in [-0.15, -0.1) is 0 Å². The number of carbonyl (C=O) groups excluding carboxylic acids is 2. The minimum Gasteiger partial charge on any atom is -0.497 e. The molecule has 0 saturated carbocycles. The van der Waals surface area contributed by atoms with Crippen LogP contribution in [0.1, 0.15) is 17.4 Å². The number of methoxy groups -OCH3 is 3. The number of fused-ring (bicyclic) bond motifs is 1. The van der Waals surface area contributed by atoms with E-state index in [1.54, 1.807) is 63.6 Å². The van der Waals surface area contributed by atoms with E-state index >= 15 is 0 Å². The maximum absolute atomic E-state index is 12.6. The zero-order valence-electron chi connectivity index (χ0n) is 16.7. The molecule has 3 aromatic rings. The van der Waals surface area contributed by atoms with E-state index in [-0.39, 0.29) is 5.91 Å². The summed E-state index contributed by atoms with van der Waals surface area (Å²) in [5, 5.41) is 6.15. The molecule has 152 valence electrons. The Hall–Kier alpha value is -3.68. The molecule has 0 spiro atoms. The van der Waals surface area contributed by atoms with E-state index in [0.29, 0.717) is 34.0 Å². The number of aromatic amines is 1. The predicted octanol–water partition coefficient (Wildman–Crippen LogP) is 2.95. The van der Waals surface area contributed by atoms with E-state index in [1.165, 1.54) is 7.11 Å². The summed E-state index contributed by atoms with van der Waals surface area (Å²) in [7, 11) is 4.64. The number of ether oxygens (including phenoxy) is 3. The van der Waals surface area contributed by atoms with Crippen LogP contribution in [0.25, 0.3) is 10.9 Å². The van der Waals surface area contributed by atoms with E-state index in [0.717, 1.165) is 5.52 Å². The van der Waals surface area contributed by atoms with Crippen LogP contribution in [0.5, 0.6) is 17.2 Å². The van der Waals surface area contributed by atoms with E-state index in [4.69, 9.17) is 14.2 Å². The molecule has 0 aliphatic rings. The molecule has 0 bridgehead atoms. The van der Waals surface area contributed by atoms with Gasteiger partial charge in [-0.3, -0.25) is 9.59 Å². The monoisotopic (exact) mass is 397 g/mol. The third-order valence-corrected chi connectivity index (χ3v) is 4.46. The van der Waals surface area contributed by atoms with Gasteiger partial charge in [0.05, 0.1) is 26.8 Å². The first kappa shape index (κ1) is 20.1. The van der Waals surface area contributed by atoms with E-state index in [9.17, 15) is 9.59 Å². The van der Waals surface area contributed by atoms with E-state index in [2.05, 4.69) is 15.6 Å². The summed E-state index contributed by atoms with van der Waals surface area (Å²) in [6.45, 7) is 1.61. The highest BCUT2D eigenvalue weighted by molar-refractivity contribution is 6.03. The topological polar surface area (TPSA) is 102 Å². The van der Waals surface area contributed by atoms with Crippen molar-refractivity contribution >= 4 is 28.4 Å². The minimum absolute atomic E-state index is 0.313. The number of benzene rings is 2. The van der Waals surface area contributed by atoms with Gasteiger partial charge in [0, 0.05) is 17.1 Å². The molecule has 3 N–H and O–H groups in total. The highest BCUT2D eigenvalue weighted by Gasteiger charge is 2.20. The molecule has 1 unspecified atom stereocenters. The molecule has 0 saturated heterocycles. The summed E-state index contributed by atoms with van der Waals surface area (Å²) in [5.74, 6) is 0.973. The standard InChI is InChI=1S/C21H23N3O5/c1-12(20(25)23-13-6-5-7-14(10-13)27-2)22-21(26)17-11-15-16(24-17)8-9-18(28-3)19(15)29-4/h5-12,24H,1-4H3,(H,22,26)(H,23,25). The molecular weight excluding hydrogens is 374 g/mol. The minimum atomic E-state index is -0.753. The molecule has 8 nitrogen and oxygen atoms in total. The lowest BCUT2D eigenvalue weighted by Crippen LogP contribution is -2.41. The van der Waals surface area contributed by atoms with Crippen molar-refractivity contribution in [1.29, 1.82) is 0 Å². The van der Waals surface area contributed by atoms with Crippen LogP contribution in [-0.2, 0) is 4.79 Å². The molecule has 8 heteroatoms. The molecule has 29 heavy (non-hydrogen) atoms. The first-order chi connectivity index (χ1) is 14.0. The molecule has 0 aliphatic heterocycles. The molecule has 1 heterocycles. The van der Waals surface area contributed by atoms with Crippen LogP contribution in [0.3, 0.4) is 0 Å². The number of hydrogen-bond donors (Lipinski definition) is 3. The maximum Gasteiger partial charge on any atom is 0.268 e. The van der Waals surface area contributed by atoms with Crippen molar-refractivity contribution in [2.24, 2.45) is 0 Å². The van der Waals surface area contributed by atoms with Crippen molar-refractivity contribution in [1.82, 2.24) is 10.3 Å². The SMILES string of the molecule is COc1cccc(NC(=O)C(C)NC(=O)c2cc3c(OC)c(OC)ccc3[nH]2)c1. The number of hydrogen-bond acceptors (Lipinski definition) is 5. The van der Waals surface area contributed by atoms with E-state index < -0.39 is 11.9 Å². The lowest BCUT2D eigenvalue weighted by atomic mass is 10.2. The number of aromatic nitrogens is 1. The Labute approximate surface area is 168 Å². The van der Waals surface area contributed by atoms with Gasteiger partial charge in [-0.05, 0) is 37.3 Å². The Morgan fingerprint density at radius 3 is 2.48 bits per heavy atom. The largest absolute Gasteiger partial charge is 0.497 e. The fourth-order valence-corrected chi connectivity index (χ4v) is 2.94. The van der Waals surface area contributed by atoms with Crippen LogP contribution < -0.4 is 24.8 Å². The molecule has 1 atom stereocenters. The predicted molar refractivity (Wildman–Crippen MR) is 110 cm³/mol. The number of carbonyl (C=O) groups is 2. The Kier molecular flexibility index (Phi) is 5.92. The van der Waals surface area contributed by atoms with Crippen LogP contribution in [-0.4, -0.2) is 44.2 Å². The number of amides is 2. The van der Waals surface area contributed by atoms with Crippen molar-refractivity contribution < 1.29 is 23.8 Å². The normalized spacial score (nSPS) is 11.6. The van der Waals surface area contributed by atoms with Gasteiger partial charge >= 0.3 is 0 Å². The molecular formula is C21H23N3O5. The quantitative estimate of drug-likeness (QED) is 0.569. The van der Waals surface area contributed by atoms with Gasteiger partial charge in [0.1, 0.15) is 17.5 Å². The first-order valence-corrected chi connectivity index (χ1v) is 8.96. The van der Waals surface area contributed by atoms with Crippen molar-refractivity contribution in [3.05, 3.63) is 48.2 Å². The van der Waals surface area contributed by atoms with Crippen molar-refractivity contribution in [2.75, 3.05) is 26.6 Å². The molecule has 0 aliphatic carbocycles. The van der Waals surface area contributed by atoms with Crippen LogP contribution in [0.4, 0.5) is 5.69 Å². The second-order valence-electron chi connectivity index (χ2n) is 6.36. The third kappa shape index (κ3) is 4.26. The Morgan fingerprint density at radius 1 is 1.00 bits per heavy atom. The lowest BCUT2D eigenvalue weighted by molar-refractivity contribution is -0.117. The average Bonchev–Trinajstić information content (AvgIpc) is 3.17. The Bertz CT molecular complexity index is 1040. The van der Waals surface area contributed by atoms with Crippen LogP contribution in [0.2, 0.25) is 0 Å². The lowest BCUT2D eigenvalue weighted by Gasteiger charge is -2.14. The summed E-state index contributed by atoms with van der Waals surface area (Å²) in [6.07, 6.45) is 0. The summed E-state index contributed by atoms with van der Waals surface area (Å²) < 4.78 is 15.8. The maximum atomic E-state index is 12.6. The highest BCUT2D eigenvalue weighted by Crippen LogP contribution is 2.35. The summed E-state index contributed by atoms with van der Waals surface area (Å²) in [5.41, 5.74) is 1.62. The summed E-state index contributed by atoms with van der Waals surface area (Å²) >= 11 is 0. The average molecular weight is 397 g/mol. The number of rotatable bonds is 7. The fraction of sp³-hybridized carbons (Fsp3) is 0.238. The second kappa shape index (κ2) is 8.55. The van der Waals surface area contributed by atoms with Gasteiger partial charge in [-0.25, -0.2) is 0 Å². The molecule has 2 amide bonds. The van der Waals surface area contributed by atoms with Crippen molar-refractivity contribution in [2.45, 2.75) is 13.0 Å². The number of nitrogens with one attached hydrogen (secondary N) is 3. The van der Waals surface area contributed by atoms with Gasteiger partial charge in [0.2, 0.25) is 5.91 Å². The zero-order chi connectivity index (χ0) is 21.0. The highest BCUT2D eigenvalue weighted by atomic mass is 16.5. The van der Waals surface area contributed by atoms with Crippen LogP contribution >= 0.6 is 0 Å². The second-order valence-corrected chi connectivity index (χ2v) is 6.36. The van der Waals surface area contributed by atoms with Crippen molar-refractivity contribution in [3.8, 4) is 17.2 Å². The molecule has 3 rings (SSSR count).